The maximum Gasteiger partial charge on any atom is 1.00 e. The van der Waals surface area contributed by atoms with E-state index < -0.39 is 36.4 Å². The van der Waals surface area contributed by atoms with Gasteiger partial charge in [-0.2, -0.15) is 0 Å². The maximum absolute atomic E-state index is 11.3. The second-order valence-electron chi connectivity index (χ2n) is 10.0. The molecule has 0 fully saturated rings. The van der Waals surface area contributed by atoms with E-state index in [2.05, 4.69) is 4.74 Å². The Morgan fingerprint density at radius 2 is 0.978 bits per heavy atom. The van der Waals surface area contributed by atoms with Gasteiger partial charge in [0.1, 0.15) is 11.5 Å². The molecule has 4 atom stereocenters. The summed E-state index contributed by atoms with van der Waals surface area (Å²) in [5, 5.41) is 28.1. The van der Waals surface area contributed by atoms with Crippen molar-refractivity contribution in [3.8, 4) is 33.8 Å². The summed E-state index contributed by atoms with van der Waals surface area (Å²) in [6.45, 7) is 6.60. The molecule has 0 aliphatic heterocycles. The number of carbonyl (C=O) groups excluding carboxylic acids is 1. The Kier molecular flexibility index (Phi) is 18.3. The molecule has 0 amide bonds. The van der Waals surface area contributed by atoms with E-state index >= 15 is 0 Å². The van der Waals surface area contributed by atoms with Crippen molar-refractivity contribution in [2.24, 2.45) is 0 Å². The van der Waals surface area contributed by atoms with Gasteiger partial charge >= 0.3 is 30.8 Å². The maximum atomic E-state index is 11.3. The number of benzene rings is 4. The van der Waals surface area contributed by atoms with Crippen LogP contribution in [0.15, 0.2) is 97.1 Å². The Balaban J connectivity index is 0.000000827. The van der Waals surface area contributed by atoms with E-state index in [1.165, 1.54) is 14.0 Å². The van der Waals surface area contributed by atoms with Crippen LogP contribution in [-0.4, -0.2) is 57.5 Å². The molecular weight excluding hydrogens is 587 g/mol. The minimum absolute atomic E-state index is 0. The SMILES string of the molecule is COC(=O)[C@H](C)Oc1ccc(-c2cccc([C@@H](C)O)c2)cc1.C[C@H](Oc1ccc(-c2cccc([C@@H](C)O)c2)cc1)C(=O)O.O.[Li+].[OH-]. The van der Waals surface area contributed by atoms with E-state index in [9.17, 15) is 19.8 Å². The Morgan fingerprint density at radius 3 is 1.30 bits per heavy atom. The summed E-state index contributed by atoms with van der Waals surface area (Å²) in [6, 6.07) is 30.1. The van der Waals surface area contributed by atoms with Crippen LogP contribution in [0.2, 0.25) is 0 Å². The second-order valence-corrected chi connectivity index (χ2v) is 10.0. The smallest absolute Gasteiger partial charge is 0.870 e. The molecule has 0 aliphatic carbocycles. The quantitative estimate of drug-likeness (QED) is 0.175. The van der Waals surface area contributed by atoms with Gasteiger partial charge in [0.2, 0.25) is 0 Å². The number of aliphatic carboxylic acids is 1. The second kappa shape index (κ2) is 20.1. The zero-order valence-corrected chi connectivity index (χ0v) is 26.9. The fraction of sp³-hybridized carbons (Fsp3) is 0.257. The van der Waals surface area contributed by atoms with E-state index in [0.29, 0.717) is 11.5 Å². The summed E-state index contributed by atoms with van der Waals surface area (Å²) in [6.07, 6.45) is -2.53. The van der Waals surface area contributed by atoms with Crippen molar-refractivity contribution in [3.05, 3.63) is 108 Å². The molecule has 46 heavy (non-hydrogen) atoms. The Hall–Kier alpha value is -4.14. The summed E-state index contributed by atoms with van der Waals surface area (Å²) in [7, 11) is 1.33. The molecule has 4 aromatic carbocycles. The fourth-order valence-corrected chi connectivity index (χ4v) is 4.08. The third-order valence-electron chi connectivity index (χ3n) is 6.62. The summed E-state index contributed by atoms with van der Waals surface area (Å²) >= 11 is 0. The molecule has 0 radical (unpaired) electrons. The largest absolute Gasteiger partial charge is 1.00 e. The number of carboxylic acid groups (broad SMARTS) is 1. The molecule has 4 rings (SSSR count). The number of methoxy groups -OCH3 is 1. The van der Waals surface area contributed by atoms with E-state index in [1.54, 1.807) is 32.9 Å². The van der Waals surface area contributed by atoms with Gasteiger partial charge in [-0.05, 0) is 97.5 Å². The molecule has 0 spiro atoms. The van der Waals surface area contributed by atoms with Crippen molar-refractivity contribution in [3.63, 3.8) is 0 Å². The number of carboxylic acids is 1. The first-order chi connectivity index (χ1) is 20.5. The standard InChI is InChI=1S/C18H20O4.C17H18O4.Li.2H2O/c1-12(19)15-5-4-6-16(11-15)14-7-9-17(10-8-14)22-13(2)18(20)21-3;1-11(18)14-4-3-5-15(10-14)13-6-8-16(9-7-13)21-12(2)17(19)20;;;/h4-13,19H,1-3H3;3-12,18H,1-2H3,(H,19,20);;2*1H2/q;;+1;;/p-1/t12-,13+;11-,12+;;;/m11.../s1. The topological polar surface area (TPSA) is 184 Å². The molecule has 10 nitrogen and oxygen atoms in total. The van der Waals surface area contributed by atoms with Crippen LogP contribution in [0.4, 0.5) is 0 Å². The zero-order valence-electron chi connectivity index (χ0n) is 26.9. The van der Waals surface area contributed by atoms with Crippen molar-refractivity contribution in [2.75, 3.05) is 7.11 Å². The van der Waals surface area contributed by atoms with Gasteiger partial charge in [-0.15, -0.1) is 0 Å². The first kappa shape index (κ1) is 41.9. The van der Waals surface area contributed by atoms with Crippen molar-refractivity contribution in [1.82, 2.24) is 0 Å². The molecule has 0 aliphatic rings. The van der Waals surface area contributed by atoms with Gasteiger partial charge in [0.25, 0.3) is 0 Å². The first-order valence-electron chi connectivity index (χ1n) is 13.9. The number of esters is 1. The van der Waals surface area contributed by atoms with Crippen LogP contribution in [0.25, 0.3) is 22.3 Å². The predicted molar refractivity (Wildman–Crippen MR) is 170 cm³/mol. The monoisotopic (exact) mass is 628 g/mol. The average Bonchev–Trinajstić information content (AvgIpc) is 3.01. The Bertz CT molecular complexity index is 1490. The number of carbonyl (C=O) groups is 2. The van der Waals surface area contributed by atoms with Crippen molar-refractivity contribution in [2.45, 2.75) is 52.1 Å². The molecule has 6 N–H and O–H groups in total. The number of hydrogen-bond acceptors (Lipinski definition) is 8. The molecule has 242 valence electrons. The average molecular weight is 629 g/mol. The summed E-state index contributed by atoms with van der Waals surface area (Å²) in [5.74, 6) is -0.286. The molecule has 0 saturated carbocycles. The van der Waals surface area contributed by atoms with Crippen LogP contribution < -0.4 is 28.3 Å². The minimum atomic E-state index is -0.997. The first-order valence-corrected chi connectivity index (χ1v) is 13.9. The van der Waals surface area contributed by atoms with Gasteiger partial charge < -0.3 is 40.5 Å². The van der Waals surface area contributed by atoms with Crippen LogP contribution in [0.5, 0.6) is 11.5 Å². The fourth-order valence-electron chi connectivity index (χ4n) is 4.08. The van der Waals surface area contributed by atoms with Crippen LogP contribution in [0.1, 0.15) is 51.0 Å². The van der Waals surface area contributed by atoms with E-state index in [4.69, 9.17) is 14.6 Å². The molecule has 11 heteroatoms. The van der Waals surface area contributed by atoms with Gasteiger partial charge in [0.05, 0.1) is 19.3 Å². The minimum Gasteiger partial charge on any atom is -0.870 e. The molecule has 0 bridgehead atoms. The van der Waals surface area contributed by atoms with Crippen LogP contribution in [-0.2, 0) is 14.3 Å². The van der Waals surface area contributed by atoms with E-state index in [1.807, 2.05) is 84.9 Å². The summed E-state index contributed by atoms with van der Waals surface area (Å²) in [5.41, 5.74) is 5.73. The van der Waals surface area contributed by atoms with Crippen molar-refractivity contribution < 1.29 is 68.9 Å². The molecule has 0 aromatic heterocycles. The molecular formula is C35H41LiO10. The van der Waals surface area contributed by atoms with Crippen LogP contribution in [0, 0.1) is 0 Å². The van der Waals surface area contributed by atoms with Gasteiger partial charge in [0, 0.05) is 0 Å². The van der Waals surface area contributed by atoms with E-state index in [0.717, 1.165) is 33.4 Å². The number of hydrogen-bond donors (Lipinski definition) is 3. The Labute approximate surface area is 281 Å². The van der Waals surface area contributed by atoms with Crippen LogP contribution in [0.3, 0.4) is 0 Å². The van der Waals surface area contributed by atoms with Crippen molar-refractivity contribution in [1.29, 1.82) is 0 Å². The number of rotatable bonds is 10. The van der Waals surface area contributed by atoms with E-state index in [-0.39, 0.29) is 29.8 Å². The van der Waals surface area contributed by atoms with Crippen molar-refractivity contribution >= 4 is 11.9 Å². The molecule has 0 heterocycles. The predicted octanol–water partition coefficient (Wildman–Crippen LogP) is 2.61. The normalized spacial score (nSPS) is 12.5. The molecule has 4 aromatic rings. The van der Waals surface area contributed by atoms with Crippen LogP contribution >= 0.6 is 0 Å². The molecule has 0 unspecified atom stereocenters. The van der Waals surface area contributed by atoms with Gasteiger partial charge in [-0.1, -0.05) is 60.7 Å². The zero-order chi connectivity index (χ0) is 31.5. The number of ether oxygens (including phenoxy) is 3. The van der Waals surface area contributed by atoms with Gasteiger partial charge in [-0.3, -0.25) is 0 Å². The third kappa shape index (κ3) is 12.3. The number of aliphatic hydroxyl groups is 2. The van der Waals surface area contributed by atoms with Gasteiger partial charge in [0.15, 0.2) is 12.2 Å². The summed E-state index contributed by atoms with van der Waals surface area (Å²) < 4.78 is 15.4. The Morgan fingerprint density at radius 1 is 0.609 bits per heavy atom. The number of aliphatic hydroxyl groups excluding tert-OH is 2. The van der Waals surface area contributed by atoms with Gasteiger partial charge in [-0.25, -0.2) is 9.59 Å². The third-order valence-corrected chi connectivity index (χ3v) is 6.62. The summed E-state index contributed by atoms with van der Waals surface area (Å²) in [4.78, 5) is 22.1. The molecule has 0 saturated heterocycles.